The summed E-state index contributed by atoms with van der Waals surface area (Å²) in [6.45, 7) is -0.346. The molecule has 1 N–H and O–H groups in total. The van der Waals surface area contributed by atoms with Crippen LogP contribution in [0.1, 0.15) is 10.4 Å². The Morgan fingerprint density at radius 1 is 1.14 bits per heavy atom. The van der Waals surface area contributed by atoms with Crippen LogP contribution in [0.25, 0.3) is 0 Å². The summed E-state index contributed by atoms with van der Waals surface area (Å²) in [5.41, 5.74) is 1.02. The van der Waals surface area contributed by atoms with Crippen LogP contribution in [0, 0.1) is 3.57 Å². The zero-order valence-electron chi connectivity index (χ0n) is 11.8. The Morgan fingerprint density at radius 2 is 1.91 bits per heavy atom. The molecule has 0 unspecified atom stereocenters. The third kappa shape index (κ3) is 4.45. The van der Waals surface area contributed by atoms with E-state index in [1.54, 1.807) is 30.3 Å². The van der Waals surface area contributed by atoms with Crippen LogP contribution in [0.3, 0.4) is 0 Å². The first-order valence-electron chi connectivity index (χ1n) is 6.45. The molecule has 2 aromatic carbocycles. The monoisotopic (exact) mass is 411 g/mol. The van der Waals surface area contributed by atoms with E-state index < -0.39 is 5.97 Å². The molecule has 0 aliphatic carbocycles. The number of anilines is 1. The molecule has 0 atom stereocenters. The maximum Gasteiger partial charge on any atom is 0.338 e. The van der Waals surface area contributed by atoms with E-state index in [9.17, 15) is 9.59 Å². The zero-order valence-corrected chi connectivity index (χ0v) is 14.0. The summed E-state index contributed by atoms with van der Waals surface area (Å²) in [6.07, 6.45) is 0. The molecule has 5 nitrogen and oxygen atoms in total. The number of methoxy groups -OCH3 is 1. The quantitative estimate of drug-likeness (QED) is 0.607. The third-order valence-electron chi connectivity index (χ3n) is 2.79. The Hall–Kier alpha value is -2.09. The predicted molar refractivity (Wildman–Crippen MR) is 91.1 cm³/mol. The average Bonchev–Trinajstić information content (AvgIpc) is 2.55. The number of rotatable bonds is 5. The number of esters is 1. The smallest absolute Gasteiger partial charge is 0.338 e. The summed E-state index contributed by atoms with van der Waals surface area (Å²) in [4.78, 5) is 23.7. The Morgan fingerprint density at radius 3 is 2.64 bits per heavy atom. The summed E-state index contributed by atoms with van der Waals surface area (Å²) < 4.78 is 10.9. The van der Waals surface area contributed by atoms with E-state index in [0.29, 0.717) is 17.0 Å². The van der Waals surface area contributed by atoms with Crippen LogP contribution >= 0.6 is 22.6 Å². The Labute approximate surface area is 141 Å². The molecule has 0 aromatic heterocycles. The van der Waals surface area contributed by atoms with Crippen LogP contribution < -0.4 is 10.1 Å². The van der Waals surface area contributed by atoms with Crippen LogP contribution in [0.15, 0.2) is 48.5 Å². The molecular formula is C16H14INO4. The number of hydrogen-bond donors (Lipinski definition) is 1. The zero-order chi connectivity index (χ0) is 15.9. The maximum absolute atomic E-state index is 11.9. The van der Waals surface area contributed by atoms with Gasteiger partial charge in [0.15, 0.2) is 6.61 Å². The highest BCUT2D eigenvalue weighted by Crippen LogP contribution is 2.17. The van der Waals surface area contributed by atoms with Gasteiger partial charge in [0.1, 0.15) is 5.75 Å². The molecule has 1 amide bonds. The first-order chi connectivity index (χ1) is 10.6. The van der Waals surface area contributed by atoms with Crippen molar-refractivity contribution < 1.29 is 19.1 Å². The first kappa shape index (κ1) is 16.3. The third-order valence-corrected chi connectivity index (χ3v) is 3.73. The van der Waals surface area contributed by atoms with E-state index in [1.165, 1.54) is 7.11 Å². The Kier molecular flexibility index (Phi) is 5.76. The molecule has 0 saturated heterocycles. The fourth-order valence-corrected chi connectivity index (χ4v) is 2.24. The van der Waals surface area contributed by atoms with E-state index in [0.717, 1.165) is 3.57 Å². The van der Waals surface area contributed by atoms with Gasteiger partial charge in [0.05, 0.1) is 18.4 Å². The molecular weight excluding hydrogens is 397 g/mol. The lowest BCUT2D eigenvalue weighted by atomic mass is 10.2. The maximum atomic E-state index is 11.9. The number of benzene rings is 2. The molecule has 0 spiro atoms. The minimum atomic E-state index is -0.572. The summed E-state index contributed by atoms with van der Waals surface area (Å²) in [5, 5.41) is 2.69. The second-order valence-electron chi connectivity index (χ2n) is 4.34. The summed E-state index contributed by atoms with van der Waals surface area (Å²) >= 11 is 2.12. The van der Waals surface area contributed by atoms with E-state index >= 15 is 0 Å². The van der Waals surface area contributed by atoms with Crippen molar-refractivity contribution in [2.45, 2.75) is 0 Å². The highest BCUT2D eigenvalue weighted by molar-refractivity contribution is 14.1. The van der Waals surface area contributed by atoms with Crippen LogP contribution in [-0.4, -0.2) is 25.6 Å². The number of para-hydroxylation sites is 1. The minimum absolute atomic E-state index is 0.335. The summed E-state index contributed by atoms with van der Waals surface area (Å²) in [6, 6.07) is 13.9. The van der Waals surface area contributed by atoms with E-state index in [2.05, 4.69) is 27.9 Å². The van der Waals surface area contributed by atoms with Crippen molar-refractivity contribution in [1.82, 2.24) is 0 Å². The molecule has 0 aliphatic heterocycles. The fourth-order valence-electron chi connectivity index (χ4n) is 1.71. The Bertz CT molecular complexity index is 687. The molecule has 114 valence electrons. The van der Waals surface area contributed by atoms with Crippen LogP contribution in [0.2, 0.25) is 0 Å². The number of ether oxygens (including phenoxy) is 2. The topological polar surface area (TPSA) is 64.6 Å². The van der Waals surface area contributed by atoms with E-state index in [1.807, 2.05) is 18.2 Å². The minimum Gasteiger partial charge on any atom is -0.497 e. The lowest BCUT2D eigenvalue weighted by molar-refractivity contribution is -0.119. The van der Waals surface area contributed by atoms with Crippen LogP contribution in [0.4, 0.5) is 5.69 Å². The SMILES string of the molecule is COc1cccc(C(=O)OCC(=O)Nc2ccccc2I)c1. The van der Waals surface area contributed by atoms with Crippen LogP contribution in [0.5, 0.6) is 5.75 Å². The second kappa shape index (κ2) is 7.79. The molecule has 2 aromatic rings. The number of hydrogen-bond acceptors (Lipinski definition) is 4. The van der Waals surface area contributed by atoms with E-state index in [-0.39, 0.29) is 12.5 Å². The lowest BCUT2D eigenvalue weighted by Gasteiger charge is -2.08. The molecule has 0 saturated carbocycles. The van der Waals surface area contributed by atoms with Gasteiger partial charge in [-0.2, -0.15) is 0 Å². The van der Waals surface area contributed by atoms with Gasteiger partial charge in [-0.1, -0.05) is 18.2 Å². The van der Waals surface area contributed by atoms with Gasteiger partial charge in [-0.15, -0.1) is 0 Å². The first-order valence-corrected chi connectivity index (χ1v) is 7.53. The van der Waals surface area contributed by atoms with Crippen molar-refractivity contribution in [3.8, 4) is 5.75 Å². The molecule has 0 fully saturated rings. The number of carbonyl (C=O) groups excluding carboxylic acids is 2. The fraction of sp³-hybridized carbons (Fsp3) is 0.125. The van der Waals surface area contributed by atoms with Crippen molar-refractivity contribution in [1.29, 1.82) is 0 Å². The summed E-state index contributed by atoms with van der Waals surface area (Å²) in [7, 11) is 1.51. The lowest BCUT2D eigenvalue weighted by Crippen LogP contribution is -2.21. The number of halogens is 1. The van der Waals surface area contributed by atoms with Gasteiger partial charge in [0.2, 0.25) is 0 Å². The second-order valence-corrected chi connectivity index (χ2v) is 5.50. The standard InChI is InChI=1S/C16H14INO4/c1-21-12-6-4-5-11(9-12)16(20)22-10-15(19)18-14-8-3-2-7-13(14)17/h2-9H,10H2,1H3,(H,18,19). The molecule has 22 heavy (non-hydrogen) atoms. The van der Waals surface area contributed by atoms with Crippen LogP contribution in [-0.2, 0) is 9.53 Å². The molecule has 2 rings (SSSR count). The molecule has 6 heteroatoms. The van der Waals surface area contributed by atoms with Gasteiger partial charge in [-0.3, -0.25) is 4.79 Å². The van der Waals surface area contributed by atoms with Crippen molar-refractivity contribution in [3.63, 3.8) is 0 Å². The van der Waals surface area contributed by atoms with Gasteiger partial charge in [-0.25, -0.2) is 4.79 Å². The van der Waals surface area contributed by atoms with E-state index in [4.69, 9.17) is 9.47 Å². The highest BCUT2D eigenvalue weighted by atomic mass is 127. The number of nitrogens with one attached hydrogen (secondary N) is 1. The molecule has 0 aliphatic rings. The molecule has 0 heterocycles. The van der Waals surface area contributed by atoms with Gasteiger partial charge in [0, 0.05) is 3.57 Å². The summed E-state index contributed by atoms with van der Waals surface area (Å²) in [5.74, 6) is -0.407. The normalized spacial score (nSPS) is 9.91. The van der Waals surface area contributed by atoms with Gasteiger partial charge < -0.3 is 14.8 Å². The van der Waals surface area contributed by atoms with Crippen molar-refractivity contribution in [3.05, 3.63) is 57.7 Å². The highest BCUT2D eigenvalue weighted by Gasteiger charge is 2.11. The van der Waals surface area contributed by atoms with Crippen molar-refractivity contribution in [2.75, 3.05) is 19.0 Å². The van der Waals surface area contributed by atoms with Gasteiger partial charge in [-0.05, 0) is 52.9 Å². The van der Waals surface area contributed by atoms with Gasteiger partial charge in [0.25, 0.3) is 5.91 Å². The average molecular weight is 411 g/mol. The Balaban J connectivity index is 1.90. The largest absolute Gasteiger partial charge is 0.497 e. The number of carbonyl (C=O) groups is 2. The van der Waals surface area contributed by atoms with Crippen molar-refractivity contribution >= 4 is 40.2 Å². The molecule has 0 bridgehead atoms. The number of amides is 1. The van der Waals surface area contributed by atoms with Crippen molar-refractivity contribution in [2.24, 2.45) is 0 Å². The van der Waals surface area contributed by atoms with Gasteiger partial charge >= 0.3 is 5.97 Å². The predicted octanol–water partition coefficient (Wildman–Crippen LogP) is 3.10. The molecule has 0 radical (unpaired) electrons.